The number of furan rings is 1. The average Bonchev–Trinajstić information content (AvgIpc) is 3.23. The van der Waals surface area contributed by atoms with Gasteiger partial charge in [-0.1, -0.05) is 0 Å². The van der Waals surface area contributed by atoms with Gasteiger partial charge in [0.15, 0.2) is 23.0 Å². The van der Waals surface area contributed by atoms with Gasteiger partial charge in [-0.05, 0) is 50.1 Å². The van der Waals surface area contributed by atoms with Gasteiger partial charge in [-0.15, -0.1) is 0 Å². The van der Waals surface area contributed by atoms with E-state index in [0.29, 0.717) is 21.5 Å². The molecular formula is C16H6Br2O6. The van der Waals surface area contributed by atoms with Crippen molar-refractivity contribution in [3.63, 3.8) is 0 Å². The highest BCUT2D eigenvalue weighted by Gasteiger charge is 2.37. The fourth-order valence-electron chi connectivity index (χ4n) is 2.52. The van der Waals surface area contributed by atoms with Crippen molar-refractivity contribution in [1.29, 1.82) is 0 Å². The molecule has 0 bridgehead atoms. The Balaban J connectivity index is 1.82. The SMILES string of the molecule is O=C1C(=O)c2c(C(=O)c3ccc4c(c3)OCO4)coc2C(Br)=C1Br. The highest BCUT2D eigenvalue weighted by atomic mass is 79.9. The van der Waals surface area contributed by atoms with Crippen molar-refractivity contribution < 1.29 is 28.3 Å². The number of carbonyl (C=O) groups excluding carboxylic acids is 3. The van der Waals surface area contributed by atoms with Gasteiger partial charge < -0.3 is 13.9 Å². The minimum atomic E-state index is -0.794. The fraction of sp³-hybridized carbons (Fsp3) is 0.0625. The Morgan fingerprint density at radius 2 is 1.75 bits per heavy atom. The number of fused-ring (bicyclic) bond motifs is 2. The van der Waals surface area contributed by atoms with E-state index in [-0.39, 0.29) is 28.2 Å². The van der Waals surface area contributed by atoms with Gasteiger partial charge in [-0.3, -0.25) is 14.4 Å². The van der Waals surface area contributed by atoms with Crippen LogP contribution in [0.5, 0.6) is 11.5 Å². The van der Waals surface area contributed by atoms with Gasteiger partial charge in [-0.2, -0.15) is 0 Å². The van der Waals surface area contributed by atoms with Crippen molar-refractivity contribution in [1.82, 2.24) is 0 Å². The third-order valence-corrected chi connectivity index (χ3v) is 5.74. The van der Waals surface area contributed by atoms with Crippen LogP contribution < -0.4 is 9.47 Å². The standard InChI is InChI=1S/C16H6Br2O6/c17-11-12(18)16-10(14(20)15(11)21)7(4-22-16)13(19)6-1-2-8-9(3-6)24-5-23-8/h1-4H,5H2. The molecule has 1 aromatic carbocycles. The Labute approximate surface area is 151 Å². The van der Waals surface area contributed by atoms with E-state index >= 15 is 0 Å². The topological polar surface area (TPSA) is 82.8 Å². The number of hydrogen-bond donors (Lipinski definition) is 0. The van der Waals surface area contributed by atoms with E-state index < -0.39 is 17.3 Å². The number of benzene rings is 1. The lowest BCUT2D eigenvalue weighted by Crippen LogP contribution is -2.21. The summed E-state index contributed by atoms with van der Waals surface area (Å²) in [5, 5.41) is 0. The molecule has 24 heavy (non-hydrogen) atoms. The van der Waals surface area contributed by atoms with Crippen LogP contribution in [0, 0.1) is 0 Å². The van der Waals surface area contributed by atoms with Crippen LogP contribution in [0.15, 0.2) is 33.4 Å². The second-order valence-electron chi connectivity index (χ2n) is 5.04. The second-order valence-corrected chi connectivity index (χ2v) is 6.62. The van der Waals surface area contributed by atoms with E-state index in [9.17, 15) is 14.4 Å². The summed E-state index contributed by atoms with van der Waals surface area (Å²) in [5.41, 5.74) is 0.282. The number of ketones is 3. The molecule has 0 amide bonds. The Hall–Kier alpha value is -2.19. The van der Waals surface area contributed by atoms with Gasteiger partial charge in [0.1, 0.15) is 6.26 Å². The third kappa shape index (κ3) is 2.10. The molecule has 2 aliphatic rings. The molecule has 0 radical (unpaired) electrons. The first-order valence-electron chi connectivity index (χ1n) is 6.69. The first-order valence-corrected chi connectivity index (χ1v) is 8.28. The molecular weight excluding hydrogens is 448 g/mol. The first kappa shape index (κ1) is 15.3. The summed E-state index contributed by atoms with van der Waals surface area (Å²) >= 11 is 6.24. The fourth-order valence-corrected chi connectivity index (χ4v) is 3.35. The van der Waals surface area contributed by atoms with Crippen LogP contribution in [0.4, 0.5) is 0 Å². The molecule has 0 saturated carbocycles. The predicted molar refractivity (Wildman–Crippen MR) is 88.8 cm³/mol. The number of allylic oxidation sites excluding steroid dienone is 1. The summed E-state index contributed by atoms with van der Waals surface area (Å²) in [6, 6.07) is 4.70. The minimum absolute atomic E-state index is 0.0270. The van der Waals surface area contributed by atoms with Crippen LogP contribution in [0.3, 0.4) is 0 Å². The Morgan fingerprint density at radius 1 is 1.00 bits per heavy atom. The van der Waals surface area contributed by atoms with E-state index in [1.165, 1.54) is 12.3 Å². The number of rotatable bonds is 2. The highest BCUT2D eigenvalue weighted by Crippen LogP contribution is 2.40. The van der Waals surface area contributed by atoms with Gasteiger partial charge in [0.2, 0.25) is 18.4 Å². The quantitative estimate of drug-likeness (QED) is 0.511. The van der Waals surface area contributed by atoms with E-state index in [4.69, 9.17) is 13.9 Å². The summed E-state index contributed by atoms with van der Waals surface area (Å²) < 4.78 is 16.2. The molecule has 120 valence electrons. The lowest BCUT2D eigenvalue weighted by atomic mass is 9.94. The summed E-state index contributed by atoms with van der Waals surface area (Å²) in [7, 11) is 0. The first-order chi connectivity index (χ1) is 11.5. The number of Topliss-reactive ketones (excluding diaryl/α,β-unsaturated/α-hetero) is 2. The average molecular weight is 454 g/mol. The van der Waals surface area contributed by atoms with Crippen molar-refractivity contribution >= 4 is 53.7 Å². The summed E-state index contributed by atoms with van der Waals surface area (Å²) in [4.78, 5) is 37.0. The minimum Gasteiger partial charge on any atom is -0.462 e. The Bertz CT molecular complexity index is 969. The lowest BCUT2D eigenvalue weighted by molar-refractivity contribution is -0.111. The molecule has 1 aliphatic heterocycles. The molecule has 0 atom stereocenters. The van der Waals surface area contributed by atoms with Crippen LogP contribution in [-0.2, 0) is 4.79 Å². The Morgan fingerprint density at radius 3 is 2.54 bits per heavy atom. The predicted octanol–water partition coefficient (Wildman–Crippen LogP) is 3.46. The molecule has 0 fully saturated rings. The normalized spacial score (nSPS) is 15.8. The van der Waals surface area contributed by atoms with E-state index in [1.807, 2.05) is 0 Å². The number of halogens is 2. The molecule has 0 unspecified atom stereocenters. The van der Waals surface area contributed by atoms with Crippen molar-refractivity contribution in [3.05, 3.63) is 51.4 Å². The smallest absolute Gasteiger partial charge is 0.241 e. The molecule has 2 aromatic rings. The van der Waals surface area contributed by atoms with E-state index in [2.05, 4.69) is 31.9 Å². The summed E-state index contributed by atoms with van der Waals surface area (Å²) in [5.74, 6) is -0.840. The summed E-state index contributed by atoms with van der Waals surface area (Å²) in [6.45, 7) is 0.0901. The molecule has 2 heterocycles. The highest BCUT2D eigenvalue weighted by molar-refractivity contribution is 9.16. The van der Waals surface area contributed by atoms with Crippen LogP contribution >= 0.6 is 31.9 Å². The zero-order chi connectivity index (χ0) is 17.0. The largest absolute Gasteiger partial charge is 0.462 e. The van der Waals surface area contributed by atoms with Crippen molar-refractivity contribution in [2.24, 2.45) is 0 Å². The van der Waals surface area contributed by atoms with Gasteiger partial charge in [0.25, 0.3) is 0 Å². The van der Waals surface area contributed by atoms with Gasteiger partial charge in [0.05, 0.1) is 20.1 Å². The zero-order valence-corrected chi connectivity index (χ0v) is 14.9. The second kappa shape index (κ2) is 5.42. The maximum atomic E-state index is 12.8. The molecule has 0 N–H and O–H groups in total. The van der Waals surface area contributed by atoms with E-state index in [1.54, 1.807) is 12.1 Å². The zero-order valence-electron chi connectivity index (χ0n) is 11.7. The van der Waals surface area contributed by atoms with Crippen molar-refractivity contribution in [2.75, 3.05) is 6.79 Å². The number of carbonyl (C=O) groups is 3. The number of ether oxygens (including phenoxy) is 2. The van der Waals surface area contributed by atoms with E-state index in [0.717, 1.165) is 0 Å². The van der Waals surface area contributed by atoms with Gasteiger partial charge in [-0.25, -0.2) is 0 Å². The monoisotopic (exact) mass is 452 g/mol. The Kier molecular flexibility index (Phi) is 3.47. The van der Waals surface area contributed by atoms with Crippen LogP contribution in [0.25, 0.3) is 4.48 Å². The van der Waals surface area contributed by atoms with Crippen LogP contribution in [0.1, 0.15) is 32.0 Å². The van der Waals surface area contributed by atoms with Crippen molar-refractivity contribution in [3.8, 4) is 11.5 Å². The van der Waals surface area contributed by atoms with Crippen molar-refractivity contribution in [2.45, 2.75) is 0 Å². The van der Waals surface area contributed by atoms with Crippen LogP contribution in [0.2, 0.25) is 0 Å². The summed E-state index contributed by atoms with van der Waals surface area (Å²) in [6.07, 6.45) is 1.18. The molecule has 6 nitrogen and oxygen atoms in total. The van der Waals surface area contributed by atoms with Gasteiger partial charge in [0, 0.05) is 5.56 Å². The third-order valence-electron chi connectivity index (χ3n) is 3.70. The molecule has 1 aliphatic carbocycles. The maximum absolute atomic E-state index is 12.8. The molecule has 0 spiro atoms. The molecule has 1 aromatic heterocycles. The maximum Gasteiger partial charge on any atom is 0.241 e. The lowest BCUT2D eigenvalue weighted by Gasteiger charge is -2.10. The van der Waals surface area contributed by atoms with Crippen LogP contribution in [-0.4, -0.2) is 24.1 Å². The molecule has 4 rings (SSSR count). The molecule has 8 heteroatoms. The number of hydrogen-bond acceptors (Lipinski definition) is 6. The van der Waals surface area contributed by atoms with Gasteiger partial charge >= 0.3 is 0 Å². The molecule has 0 saturated heterocycles.